The normalized spacial score (nSPS) is 10.6. The van der Waals surface area contributed by atoms with Gasteiger partial charge in [0.05, 0.1) is 10.5 Å². The molecular weight excluding hydrogens is 326 g/mol. The van der Waals surface area contributed by atoms with Crippen molar-refractivity contribution >= 4 is 28.1 Å². The molecule has 2 aromatic rings. The molecule has 0 radical (unpaired) electrons. The Morgan fingerprint density at radius 1 is 1.27 bits per heavy atom. The summed E-state index contributed by atoms with van der Waals surface area (Å²) in [5.41, 5.74) is 6.35. The van der Waals surface area contributed by atoms with E-state index in [1.54, 1.807) is 30.3 Å². The number of sulfone groups is 1. The fraction of sp³-hybridized carbons (Fsp3) is 0.143. The Bertz CT molecular complexity index is 778. The van der Waals surface area contributed by atoms with Gasteiger partial charge in [0.2, 0.25) is 5.88 Å². The van der Waals surface area contributed by atoms with Crippen LogP contribution in [0, 0.1) is 5.41 Å². The van der Waals surface area contributed by atoms with Crippen LogP contribution in [0.25, 0.3) is 0 Å². The van der Waals surface area contributed by atoms with Crippen molar-refractivity contribution in [3.05, 3.63) is 53.7 Å². The number of nitrogens with zero attached hydrogens (tertiary/aromatic N) is 1. The maximum absolute atomic E-state index is 11.7. The average Bonchev–Trinajstić information content (AvgIpc) is 2.44. The molecule has 6 nitrogen and oxygen atoms in total. The van der Waals surface area contributed by atoms with E-state index in [9.17, 15) is 8.42 Å². The first-order chi connectivity index (χ1) is 9.89. The number of ether oxygens (including phenoxy) is 1. The maximum Gasteiger partial charge on any atom is 0.224 e. The zero-order valence-corrected chi connectivity index (χ0v) is 13.4. The second kappa shape index (κ2) is 7.24. The molecular formula is C14H16ClN3O3S. The topological polar surface area (TPSA) is 106 Å². The summed E-state index contributed by atoms with van der Waals surface area (Å²) in [5.74, 6) is 0.0443. The molecule has 0 aliphatic carbocycles. The molecule has 3 N–H and O–H groups in total. The van der Waals surface area contributed by atoms with Gasteiger partial charge in [-0.15, -0.1) is 12.4 Å². The first kappa shape index (κ1) is 17.9. The Hall–Kier alpha value is -2.12. The van der Waals surface area contributed by atoms with E-state index in [0.717, 1.165) is 6.26 Å². The minimum absolute atomic E-state index is 0. The van der Waals surface area contributed by atoms with E-state index in [1.165, 1.54) is 12.3 Å². The van der Waals surface area contributed by atoms with Crippen LogP contribution in [0.4, 0.5) is 0 Å². The predicted molar refractivity (Wildman–Crippen MR) is 86.4 cm³/mol. The third kappa shape index (κ3) is 4.19. The van der Waals surface area contributed by atoms with Gasteiger partial charge in [-0.2, -0.15) is 0 Å². The number of halogens is 1. The van der Waals surface area contributed by atoms with E-state index in [2.05, 4.69) is 4.98 Å². The van der Waals surface area contributed by atoms with Crippen molar-refractivity contribution in [1.29, 1.82) is 5.41 Å². The number of pyridine rings is 1. The average molecular weight is 342 g/mol. The van der Waals surface area contributed by atoms with Crippen molar-refractivity contribution in [2.45, 2.75) is 11.5 Å². The maximum atomic E-state index is 11.7. The molecule has 118 valence electrons. The van der Waals surface area contributed by atoms with Gasteiger partial charge in [-0.05, 0) is 18.2 Å². The molecule has 22 heavy (non-hydrogen) atoms. The molecule has 0 saturated heterocycles. The number of hydrogen-bond donors (Lipinski definition) is 2. The van der Waals surface area contributed by atoms with Gasteiger partial charge in [-0.1, -0.05) is 18.2 Å². The molecule has 0 unspecified atom stereocenters. The molecule has 1 heterocycles. The summed E-state index contributed by atoms with van der Waals surface area (Å²) in [6.45, 7) is 0.0283. The molecule has 0 saturated carbocycles. The molecule has 0 amide bonds. The van der Waals surface area contributed by atoms with Crippen LogP contribution in [0.1, 0.15) is 11.1 Å². The van der Waals surface area contributed by atoms with Crippen LogP contribution in [-0.4, -0.2) is 25.5 Å². The summed E-state index contributed by atoms with van der Waals surface area (Å²) < 4.78 is 29.0. The molecule has 0 aliphatic rings. The van der Waals surface area contributed by atoms with Crippen LogP contribution in [0.3, 0.4) is 0 Å². The Morgan fingerprint density at radius 3 is 2.59 bits per heavy atom. The lowest BCUT2D eigenvalue weighted by Gasteiger charge is -2.11. The number of benzene rings is 1. The standard InChI is InChI=1S/C14H15N3O3S.ClH/c1-21(18,19)12-7-3-2-5-10(12)9-20-14-11(13(15)16)6-4-8-17-14;/h2-8H,9H2,1H3,(H3,15,16);1H. The van der Waals surface area contributed by atoms with Crippen LogP contribution in [-0.2, 0) is 16.4 Å². The number of nitrogen functional groups attached to an aromatic ring is 1. The Kier molecular flexibility index (Phi) is 5.90. The first-order valence-electron chi connectivity index (χ1n) is 6.10. The SMILES string of the molecule is CS(=O)(=O)c1ccccc1COc1ncccc1C(=N)N.Cl. The molecule has 0 spiro atoms. The summed E-state index contributed by atoms with van der Waals surface area (Å²) in [7, 11) is -3.33. The summed E-state index contributed by atoms with van der Waals surface area (Å²) in [6.07, 6.45) is 2.66. The van der Waals surface area contributed by atoms with E-state index in [0.29, 0.717) is 11.1 Å². The van der Waals surface area contributed by atoms with E-state index < -0.39 is 9.84 Å². The van der Waals surface area contributed by atoms with Crippen molar-refractivity contribution in [2.75, 3.05) is 6.26 Å². The molecule has 1 aromatic carbocycles. The van der Waals surface area contributed by atoms with Crippen molar-refractivity contribution in [2.24, 2.45) is 5.73 Å². The van der Waals surface area contributed by atoms with Crippen LogP contribution in [0.2, 0.25) is 0 Å². The van der Waals surface area contributed by atoms with Gasteiger partial charge >= 0.3 is 0 Å². The molecule has 8 heteroatoms. The highest BCUT2D eigenvalue weighted by Crippen LogP contribution is 2.19. The number of nitrogens with one attached hydrogen (secondary N) is 1. The van der Waals surface area contributed by atoms with Crippen LogP contribution < -0.4 is 10.5 Å². The van der Waals surface area contributed by atoms with Crippen molar-refractivity contribution < 1.29 is 13.2 Å². The van der Waals surface area contributed by atoms with E-state index in [1.807, 2.05) is 0 Å². The van der Waals surface area contributed by atoms with Crippen LogP contribution >= 0.6 is 12.4 Å². The molecule has 0 aliphatic heterocycles. The second-order valence-electron chi connectivity index (χ2n) is 4.44. The number of aromatic nitrogens is 1. The van der Waals surface area contributed by atoms with Gasteiger partial charge in [0, 0.05) is 18.0 Å². The highest BCUT2D eigenvalue weighted by Gasteiger charge is 2.14. The van der Waals surface area contributed by atoms with Gasteiger partial charge in [0.25, 0.3) is 0 Å². The summed E-state index contributed by atoms with van der Waals surface area (Å²) >= 11 is 0. The van der Waals surface area contributed by atoms with E-state index in [4.69, 9.17) is 15.9 Å². The van der Waals surface area contributed by atoms with Gasteiger partial charge in [0.15, 0.2) is 9.84 Å². The highest BCUT2D eigenvalue weighted by atomic mass is 35.5. The van der Waals surface area contributed by atoms with Crippen molar-refractivity contribution in [1.82, 2.24) is 4.98 Å². The smallest absolute Gasteiger partial charge is 0.224 e. The predicted octanol–water partition coefficient (Wildman–Crippen LogP) is 1.77. The van der Waals surface area contributed by atoms with Crippen LogP contribution in [0.15, 0.2) is 47.5 Å². The van der Waals surface area contributed by atoms with E-state index in [-0.39, 0.29) is 35.6 Å². The minimum atomic E-state index is -3.33. The van der Waals surface area contributed by atoms with Gasteiger partial charge in [-0.3, -0.25) is 5.41 Å². The number of rotatable bonds is 5. The largest absolute Gasteiger partial charge is 0.472 e. The van der Waals surface area contributed by atoms with Gasteiger partial charge < -0.3 is 10.5 Å². The summed E-state index contributed by atoms with van der Waals surface area (Å²) in [5, 5.41) is 7.46. The number of hydrogen-bond acceptors (Lipinski definition) is 5. The zero-order chi connectivity index (χ0) is 15.5. The zero-order valence-electron chi connectivity index (χ0n) is 11.8. The Labute approximate surface area is 135 Å². The van der Waals surface area contributed by atoms with E-state index >= 15 is 0 Å². The highest BCUT2D eigenvalue weighted by molar-refractivity contribution is 7.90. The van der Waals surface area contributed by atoms with Gasteiger partial charge in [-0.25, -0.2) is 13.4 Å². The lowest BCUT2D eigenvalue weighted by molar-refractivity contribution is 0.290. The molecule has 0 bridgehead atoms. The third-order valence-electron chi connectivity index (χ3n) is 2.80. The summed E-state index contributed by atoms with van der Waals surface area (Å²) in [4.78, 5) is 4.23. The second-order valence-corrected chi connectivity index (χ2v) is 6.42. The lowest BCUT2D eigenvalue weighted by atomic mass is 10.2. The molecule has 1 aromatic heterocycles. The minimum Gasteiger partial charge on any atom is -0.472 e. The third-order valence-corrected chi connectivity index (χ3v) is 4.00. The fourth-order valence-electron chi connectivity index (χ4n) is 1.84. The quantitative estimate of drug-likeness (QED) is 0.636. The van der Waals surface area contributed by atoms with Gasteiger partial charge in [0.1, 0.15) is 12.4 Å². The van der Waals surface area contributed by atoms with Crippen molar-refractivity contribution in [3.8, 4) is 5.88 Å². The molecule has 2 rings (SSSR count). The molecule has 0 fully saturated rings. The Morgan fingerprint density at radius 2 is 1.95 bits per heavy atom. The monoisotopic (exact) mass is 341 g/mol. The van der Waals surface area contributed by atoms with Crippen molar-refractivity contribution in [3.63, 3.8) is 0 Å². The molecule has 0 atom stereocenters. The fourth-order valence-corrected chi connectivity index (χ4v) is 2.77. The lowest BCUT2D eigenvalue weighted by Crippen LogP contribution is -2.14. The summed E-state index contributed by atoms with van der Waals surface area (Å²) in [6, 6.07) is 9.85. The first-order valence-corrected chi connectivity index (χ1v) is 7.99. The number of nitrogens with two attached hydrogens (primary N) is 1. The van der Waals surface area contributed by atoms with Crippen LogP contribution in [0.5, 0.6) is 5.88 Å². The number of amidine groups is 1. The Balaban J connectivity index is 0.00000242.